The van der Waals surface area contributed by atoms with Crippen LogP contribution in [0.5, 0.6) is 5.75 Å². The van der Waals surface area contributed by atoms with Crippen LogP contribution in [0.1, 0.15) is 17.3 Å². The highest BCUT2D eigenvalue weighted by atomic mass is 32.2. The minimum atomic E-state index is -3.77. The van der Waals surface area contributed by atoms with Gasteiger partial charge in [0.1, 0.15) is 11.8 Å². The number of sulfonamides is 1. The molecule has 2 rings (SSSR count). The zero-order chi connectivity index (χ0) is 22.3. The van der Waals surface area contributed by atoms with E-state index < -0.39 is 22.0 Å². The van der Waals surface area contributed by atoms with E-state index in [1.807, 2.05) is 0 Å². The minimum absolute atomic E-state index is 0.259. The summed E-state index contributed by atoms with van der Waals surface area (Å²) >= 11 is 0. The van der Waals surface area contributed by atoms with Gasteiger partial charge in [-0.25, -0.2) is 8.42 Å². The van der Waals surface area contributed by atoms with E-state index in [1.54, 1.807) is 54.6 Å². The number of ether oxygens (including phenoxy) is 1. The number of carbonyl (C=O) groups excluding carboxylic acids is 2. The Morgan fingerprint density at radius 3 is 2.37 bits per heavy atom. The summed E-state index contributed by atoms with van der Waals surface area (Å²) in [6.45, 7) is 5.30. The number of benzene rings is 2. The van der Waals surface area contributed by atoms with Crippen LogP contribution in [0.15, 0.2) is 61.2 Å². The molecule has 0 aromatic heterocycles. The quantitative estimate of drug-likeness (QED) is 0.593. The van der Waals surface area contributed by atoms with Gasteiger partial charge >= 0.3 is 0 Å². The van der Waals surface area contributed by atoms with Crippen molar-refractivity contribution in [3.8, 4) is 5.75 Å². The molecular formula is C21H25N3O5S. The van der Waals surface area contributed by atoms with Gasteiger partial charge in [0, 0.05) is 6.54 Å². The molecule has 0 aliphatic heterocycles. The highest BCUT2D eigenvalue weighted by molar-refractivity contribution is 7.92. The van der Waals surface area contributed by atoms with Gasteiger partial charge in [-0.1, -0.05) is 18.2 Å². The number of methoxy groups -OCH3 is 1. The van der Waals surface area contributed by atoms with Gasteiger partial charge < -0.3 is 15.4 Å². The predicted octanol–water partition coefficient (Wildman–Crippen LogP) is 2.40. The van der Waals surface area contributed by atoms with E-state index in [0.717, 1.165) is 10.6 Å². The van der Waals surface area contributed by atoms with Crippen molar-refractivity contribution >= 4 is 33.2 Å². The molecule has 1 atom stereocenters. The molecule has 2 amide bonds. The van der Waals surface area contributed by atoms with Gasteiger partial charge in [-0.2, -0.15) is 0 Å². The van der Waals surface area contributed by atoms with E-state index in [9.17, 15) is 18.0 Å². The van der Waals surface area contributed by atoms with Gasteiger partial charge in [-0.15, -0.1) is 6.58 Å². The molecule has 0 aliphatic carbocycles. The van der Waals surface area contributed by atoms with E-state index in [1.165, 1.54) is 14.0 Å². The average molecular weight is 432 g/mol. The fraction of sp³-hybridized carbons (Fsp3) is 0.238. The van der Waals surface area contributed by atoms with E-state index >= 15 is 0 Å². The molecule has 0 unspecified atom stereocenters. The number of hydrogen-bond donors (Lipinski definition) is 2. The van der Waals surface area contributed by atoms with Crippen molar-refractivity contribution in [3.05, 3.63) is 66.7 Å². The summed E-state index contributed by atoms with van der Waals surface area (Å²) in [4.78, 5) is 25.2. The number of carbonyl (C=O) groups is 2. The molecule has 0 fully saturated rings. The van der Waals surface area contributed by atoms with Gasteiger partial charge in [-0.05, 0) is 43.3 Å². The number of nitrogens with one attached hydrogen (secondary N) is 2. The molecule has 8 nitrogen and oxygen atoms in total. The van der Waals surface area contributed by atoms with Crippen LogP contribution in [0, 0.1) is 0 Å². The van der Waals surface area contributed by atoms with Gasteiger partial charge in [-0.3, -0.25) is 13.9 Å². The first-order valence-corrected chi connectivity index (χ1v) is 11.0. The molecular weight excluding hydrogens is 406 g/mol. The third-order valence-electron chi connectivity index (χ3n) is 4.25. The Kier molecular flexibility index (Phi) is 7.60. The maximum atomic E-state index is 12.9. The maximum Gasteiger partial charge on any atom is 0.253 e. The first-order valence-electron chi connectivity index (χ1n) is 9.11. The summed E-state index contributed by atoms with van der Waals surface area (Å²) < 4.78 is 30.9. The van der Waals surface area contributed by atoms with Crippen molar-refractivity contribution in [2.24, 2.45) is 0 Å². The normalized spacial score (nSPS) is 11.8. The van der Waals surface area contributed by atoms with Crippen molar-refractivity contribution in [2.45, 2.75) is 13.0 Å². The number of hydrogen-bond acceptors (Lipinski definition) is 5. The van der Waals surface area contributed by atoms with Crippen LogP contribution in [0.25, 0.3) is 0 Å². The summed E-state index contributed by atoms with van der Waals surface area (Å²) in [6, 6.07) is 11.7. The van der Waals surface area contributed by atoms with E-state index in [-0.39, 0.29) is 23.7 Å². The highest BCUT2D eigenvalue weighted by Gasteiger charge is 2.29. The molecule has 2 N–H and O–H groups in total. The Labute approximate surface area is 176 Å². The third-order valence-corrected chi connectivity index (χ3v) is 5.49. The number of para-hydroxylation sites is 1. The van der Waals surface area contributed by atoms with Crippen molar-refractivity contribution in [1.29, 1.82) is 0 Å². The molecule has 2 aromatic rings. The molecule has 9 heteroatoms. The second kappa shape index (κ2) is 9.93. The summed E-state index contributed by atoms with van der Waals surface area (Å²) in [7, 11) is -2.27. The van der Waals surface area contributed by atoms with E-state index in [4.69, 9.17) is 4.74 Å². The first kappa shape index (κ1) is 23.0. The zero-order valence-corrected chi connectivity index (χ0v) is 17.9. The molecule has 30 heavy (non-hydrogen) atoms. The molecule has 0 spiro atoms. The molecule has 0 saturated heterocycles. The van der Waals surface area contributed by atoms with Crippen LogP contribution >= 0.6 is 0 Å². The minimum Gasteiger partial charge on any atom is -0.497 e. The van der Waals surface area contributed by atoms with Crippen molar-refractivity contribution < 1.29 is 22.7 Å². The van der Waals surface area contributed by atoms with Crippen molar-refractivity contribution in [1.82, 2.24) is 5.32 Å². The molecule has 0 bridgehead atoms. The van der Waals surface area contributed by atoms with E-state index in [0.29, 0.717) is 11.4 Å². The number of nitrogens with zero attached hydrogens (tertiary/aromatic N) is 1. The smallest absolute Gasteiger partial charge is 0.253 e. The van der Waals surface area contributed by atoms with Crippen LogP contribution in [0.4, 0.5) is 11.4 Å². The Balaban J connectivity index is 2.30. The van der Waals surface area contributed by atoms with Gasteiger partial charge in [0.25, 0.3) is 5.91 Å². The molecule has 160 valence electrons. The lowest BCUT2D eigenvalue weighted by atomic mass is 10.1. The highest BCUT2D eigenvalue weighted by Crippen LogP contribution is 2.25. The fourth-order valence-electron chi connectivity index (χ4n) is 2.83. The molecule has 2 aromatic carbocycles. The molecule has 0 saturated carbocycles. The Bertz CT molecular complexity index is 1020. The summed E-state index contributed by atoms with van der Waals surface area (Å²) in [6.07, 6.45) is 2.57. The Morgan fingerprint density at radius 2 is 1.80 bits per heavy atom. The topological polar surface area (TPSA) is 105 Å². The Morgan fingerprint density at radius 1 is 1.17 bits per heavy atom. The lowest BCUT2D eigenvalue weighted by Gasteiger charge is -2.28. The standard InChI is InChI=1S/C21H25N3O5S/c1-5-14-22-21(26)18-8-6-7-9-19(18)23-20(25)15(2)24(30(4,27)28)16-10-12-17(29-3)13-11-16/h5-13,15H,1,14H2,2-4H3,(H,22,26)(H,23,25)/t15-/m0/s1. The number of amides is 2. The lowest BCUT2D eigenvalue weighted by Crippen LogP contribution is -2.45. The van der Waals surface area contributed by atoms with Gasteiger partial charge in [0.2, 0.25) is 15.9 Å². The van der Waals surface area contributed by atoms with E-state index in [2.05, 4.69) is 17.2 Å². The third kappa shape index (κ3) is 5.60. The van der Waals surface area contributed by atoms with Crippen molar-refractivity contribution in [3.63, 3.8) is 0 Å². The lowest BCUT2D eigenvalue weighted by molar-refractivity contribution is -0.116. The largest absolute Gasteiger partial charge is 0.497 e. The SMILES string of the molecule is C=CCNC(=O)c1ccccc1NC(=O)[C@H](C)N(c1ccc(OC)cc1)S(C)(=O)=O. The summed E-state index contributed by atoms with van der Waals surface area (Å²) in [5.74, 6) is -0.405. The monoisotopic (exact) mass is 431 g/mol. The van der Waals surface area contributed by atoms with Crippen LogP contribution in [0.3, 0.4) is 0 Å². The maximum absolute atomic E-state index is 12.9. The van der Waals surface area contributed by atoms with Gasteiger partial charge in [0.15, 0.2) is 0 Å². The second-order valence-corrected chi connectivity index (χ2v) is 8.33. The summed E-state index contributed by atoms with van der Waals surface area (Å²) in [5.41, 5.74) is 0.854. The van der Waals surface area contributed by atoms with Crippen LogP contribution < -0.4 is 19.7 Å². The molecule has 0 radical (unpaired) electrons. The first-order chi connectivity index (χ1) is 14.2. The van der Waals surface area contributed by atoms with Crippen LogP contribution in [-0.4, -0.2) is 46.2 Å². The fourth-order valence-corrected chi connectivity index (χ4v) is 4.00. The van der Waals surface area contributed by atoms with Crippen LogP contribution in [0.2, 0.25) is 0 Å². The molecule has 0 aliphatic rings. The Hall–Kier alpha value is -3.33. The van der Waals surface area contributed by atoms with Crippen LogP contribution in [-0.2, 0) is 14.8 Å². The number of anilines is 2. The second-order valence-electron chi connectivity index (χ2n) is 6.47. The number of rotatable bonds is 9. The molecule has 0 heterocycles. The zero-order valence-electron chi connectivity index (χ0n) is 17.1. The predicted molar refractivity (Wildman–Crippen MR) is 117 cm³/mol. The summed E-state index contributed by atoms with van der Waals surface area (Å²) in [5, 5.41) is 5.30. The van der Waals surface area contributed by atoms with Crippen molar-refractivity contribution in [2.75, 3.05) is 29.5 Å². The average Bonchev–Trinajstić information content (AvgIpc) is 2.72. The van der Waals surface area contributed by atoms with Gasteiger partial charge in [0.05, 0.1) is 30.3 Å².